The van der Waals surface area contributed by atoms with Gasteiger partial charge in [0.2, 0.25) is 5.91 Å². The van der Waals surface area contributed by atoms with Gasteiger partial charge in [-0.2, -0.15) is 0 Å². The highest BCUT2D eigenvalue weighted by molar-refractivity contribution is 5.86. The van der Waals surface area contributed by atoms with Crippen molar-refractivity contribution in [2.45, 2.75) is 18.6 Å². The molecule has 0 aromatic rings. The summed E-state index contributed by atoms with van der Waals surface area (Å²) in [5.74, 6) is -0.638. The van der Waals surface area contributed by atoms with Crippen molar-refractivity contribution in [2.24, 2.45) is 0 Å². The topological polar surface area (TPSA) is 70.1 Å². The van der Waals surface area contributed by atoms with E-state index < -0.39 is 18.1 Å². The van der Waals surface area contributed by atoms with Crippen molar-refractivity contribution in [3.8, 4) is 0 Å². The Balaban J connectivity index is 2.69. The first kappa shape index (κ1) is 12.9. The lowest BCUT2D eigenvalue weighted by molar-refractivity contribution is -0.151. The highest BCUT2D eigenvalue weighted by Gasteiger charge is 2.39. The minimum atomic E-state index is -0.646. The van der Waals surface area contributed by atoms with Gasteiger partial charge in [0, 0.05) is 13.0 Å². The molecule has 2 atom stereocenters. The number of esters is 1. The first-order chi connectivity index (χ1) is 7.45. The minimum Gasteiger partial charge on any atom is -0.467 e. The second-order valence-corrected chi connectivity index (χ2v) is 4.21. The van der Waals surface area contributed by atoms with Gasteiger partial charge in [-0.25, -0.2) is 4.79 Å². The van der Waals surface area contributed by atoms with Crippen LogP contribution in [0.1, 0.15) is 6.42 Å². The lowest BCUT2D eigenvalue weighted by Crippen LogP contribution is -2.44. The minimum absolute atomic E-state index is 0.169. The average molecular weight is 230 g/mol. The number of nitrogens with zero attached hydrogens (tertiary/aromatic N) is 2. The van der Waals surface area contributed by atoms with Crippen LogP contribution in [0.3, 0.4) is 0 Å². The Hall–Kier alpha value is -1.14. The Morgan fingerprint density at radius 3 is 2.62 bits per heavy atom. The quantitative estimate of drug-likeness (QED) is 0.609. The number of rotatable bonds is 3. The van der Waals surface area contributed by atoms with Crippen LogP contribution in [-0.4, -0.2) is 73.2 Å². The van der Waals surface area contributed by atoms with Crippen molar-refractivity contribution in [1.29, 1.82) is 0 Å². The molecule has 1 saturated heterocycles. The highest BCUT2D eigenvalue weighted by Crippen LogP contribution is 2.19. The number of aliphatic hydroxyl groups is 1. The molecule has 1 amide bonds. The van der Waals surface area contributed by atoms with Crippen LogP contribution in [-0.2, 0) is 14.3 Å². The summed E-state index contributed by atoms with van der Waals surface area (Å²) >= 11 is 0. The molecule has 6 heteroatoms. The molecule has 92 valence electrons. The van der Waals surface area contributed by atoms with Gasteiger partial charge >= 0.3 is 5.97 Å². The Morgan fingerprint density at radius 2 is 2.12 bits per heavy atom. The third-order valence-electron chi connectivity index (χ3n) is 2.52. The summed E-state index contributed by atoms with van der Waals surface area (Å²) in [6.45, 7) is 0.423. The second-order valence-electron chi connectivity index (χ2n) is 4.21. The lowest BCUT2D eigenvalue weighted by atomic mass is 10.2. The number of likely N-dealkylation sites (N-methyl/N-ethyl adjacent to an activating group) is 1. The number of carbonyl (C=O) groups excluding carboxylic acids is 2. The maximum Gasteiger partial charge on any atom is 0.328 e. The molecule has 0 radical (unpaired) electrons. The van der Waals surface area contributed by atoms with Gasteiger partial charge in [0.05, 0.1) is 19.8 Å². The standard InChI is InChI=1S/C10H18N2O4/c1-11(2)6-9(14)12-5-7(13)4-8(12)10(15)16-3/h7-8,13H,4-6H2,1-3H3. The van der Waals surface area contributed by atoms with E-state index >= 15 is 0 Å². The number of hydrogen-bond acceptors (Lipinski definition) is 5. The maximum absolute atomic E-state index is 11.8. The summed E-state index contributed by atoms with van der Waals surface area (Å²) in [4.78, 5) is 26.3. The molecular formula is C10H18N2O4. The van der Waals surface area contributed by atoms with Gasteiger partial charge in [0.15, 0.2) is 0 Å². The molecule has 1 aliphatic heterocycles. The number of carbonyl (C=O) groups is 2. The van der Waals surface area contributed by atoms with E-state index in [1.54, 1.807) is 19.0 Å². The SMILES string of the molecule is COC(=O)C1CC(O)CN1C(=O)CN(C)C. The predicted octanol–water partition coefficient (Wildman–Crippen LogP) is -1.32. The van der Waals surface area contributed by atoms with Gasteiger partial charge in [-0.15, -0.1) is 0 Å². The summed E-state index contributed by atoms with van der Waals surface area (Å²) in [7, 11) is 4.83. The van der Waals surface area contributed by atoms with Crippen LogP contribution in [0.15, 0.2) is 0 Å². The predicted molar refractivity (Wildman–Crippen MR) is 56.7 cm³/mol. The Kier molecular flexibility index (Phi) is 4.26. The lowest BCUT2D eigenvalue weighted by Gasteiger charge is -2.23. The summed E-state index contributed by atoms with van der Waals surface area (Å²) < 4.78 is 4.61. The van der Waals surface area contributed by atoms with Crippen LogP contribution < -0.4 is 0 Å². The molecule has 0 saturated carbocycles. The van der Waals surface area contributed by atoms with Crippen LogP contribution in [0.4, 0.5) is 0 Å². The van der Waals surface area contributed by atoms with E-state index in [1.165, 1.54) is 12.0 Å². The number of amides is 1. The first-order valence-electron chi connectivity index (χ1n) is 5.15. The van der Waals surface area contributed by atoms with E-state index in [-0.39, 0.29) is 25.4 Å². The zero-order chi connectivity index (χ0) is 12.3. The van der Waals surface area contributed by atoms with Crippen LogP contribution in [0.5, 0.6) is 0 Å². The first-order valence-corrected chi connectivity index (χ1v) is 5.15. The Morgan fingerprint density at radius 1 is 1.50 bits per heavy atom. The molecule has 6 nitrogen and oxygen atoms in total. The largest absolute Gasteiger partial charge is 0.467 e. The van der Waals surface area contributed by atoms with Crippen molar-refractivity contribution >= 4 is 11.9 Å². The zero-order valence-corrected chi connectivity index (χ0v) is 9.84. The molecule has 0 aromatic carbocycles. The van der Waals surface area contributed by atoms with Crippen LogP contribution in [0.25, 0.3) is 0 Å². The molecule has 0 aliphatic carbocycles. The molecule has 0 bridgehead atoms. The summed E-state index contributed by atoms with van der Waals surface area (Å²) in [5.41, 5.74) is 0. The molecule has 0 spiro atoms. The van der Waals surface area contributed by atoms with Crippen molar-refractivity contribution in [3.63, 3.8) is 0 Å². The average Bonchev–Trinajstić information content (AvgIpc) is 2.58. The molecule has 2 unspecified atom stereocenters. The third kappa shape index (κ3) is 2.93. The van der Waals surface area contributed by atoms with Gasteiger partial charge in [0.1, 0.15) is 6.04 Å². The van der Waals surface area contributed by atoms with E-state index in [0.717, 1.165) is 0 Å². The highest BCUT2D eigenvalue weighted by atomic mass is 16.5. The van der Waals surface area contributed by atoms with Crippen molar-refractivity contribution in [1.82, 2.24) is 9.80 Å². The van der Waals surface area contributed by atoms with Crippen molar-refractivity contribution < 1.29 is 19.4 Å². The number of hydrogen-bond donors (Lipinski definition) is 1. The van der Waals surface area contributed by atoms with E-state index in [4.69, 9.17) is 0 Å². The maximum atomic E-state index is 11.8. The molecule has 1 heterocycles. The molecule has 1 aliphatic rings. The Labute approximate surface area is 94.8 Å². The fourth-order valence-electron chi connectivity index (χ4n) is 1.81. The monoisotopic (exact) mass is 230 g/mol. The molecule has 16 heavy (non-hydrogen) atoms. The molecule has 1 rings (SSSR count). The third-order valence-corrected chi connectivity index (χ3v) is 2.52. The van der Waals surface area contributed by atoms with Gasteiger partial charge in [-0.1, -0.05) is 0 Å². The fraction of sp³-hybridized carbons (Fsp3) is 0.800. The fourth-order valence-corrected chi connectivity index (χ4v) is 1.81. The summed E-state index contributed by atoms with van der Waals surface area (Å²) in [5, 5.41) is 9.48. The van der Waals surface area contributed by atoms with Gasteiger partial charge in [-0.05, 0) is 14.1 Å². The number of β-amino-alcohol motifs (C(OH)–C–C–N with tert-alkyl or cyclic N) is 1. The van der Waals surface area contributed by atoms with Gasteiger partial charge in [-0.3, -0.25) is 4.79 Å². The Bertz CT molecular complexity index is 280. The summed E-state index contributed by atoms with van der Waals surface area (Å²) in [6, 6.07) is -0.646. The van der Waals surface area contributed by atoms with E-state index in [9.17, 15) is 14.7 Å². The molecule has 1 fully saturated rings. The molecule has 0 aromatic heterocycles. The number of methoxy groups -OCH3 is 1. The van der Waals surface area contributed by atoms with Crippen molar-refractivity contribution in [2.75, 3.05) is 34.3 Å². The molecular weight excluding hydrogens is 212 g/mol. The normalized spacial score (nSPS) is 24.9. The number of likely N-dealkylation sites (tertiary alicyclic amines) is 1. The van der Waals surface area contributed by atoms with Gasteiger partial charge in [0.25, 0.3) is 0 Å². The zero-order valence-electron chi connectivity index (χ0n) is 9.84. The van der Waals surface area contributed by atoms with Crippen LogP contribution >= 0.6 is 0 Å². The second kappa shape index (κ2) is 5.27. The van der Waals surface area contributed by atoms with E-state index in [0.29, 0.717) is 0 Å². The number of ether oxygens (including phenoxy) is 1. The smallest absolute Gasteiger partial charge is 0.328 e. The van der Waals surface area contributed by atoms with E-state index in [2.05, 4.69) is 4.74 Å². The van der Waals surface area contributed by atoms with Crippen LogP contribution in [0, 0.1) is 0 Å². The molecule has 1 N–H and O–H groups in total. The van der Waals surface area contributed by atoms with E-state index in [1.807, 2.05) is 0 Å². The van der Waals surface area contributed by atoms with Gasteiger partial charge < -0.3 is 19.6 Å². The summed E-state index contributed by atoms with van der Waals surface area (Å²) in [6.07, 6.45) is -0.388. The number of aliphatic hydroxyl groups excluding tert-OH is 1. The van der Waals surface area contributed by atoms with Crippen LogP contribution in [0.2, 0.25) is 0 Å². The van der Waals surface area contributed by atoms with Crippen molar-refractivity contribution in [3.05, 3.63) is 0 Å².